The molecule has 2 aromatic rings. The monoisotopic (exact) mass is 277 g/mol. The molecule has 2 aromatic heterocycles. The van der Waals surface area contributed by atoms with Crippen LogP contribution in [0.5, 0.6) is 0 Å². The van der Waals surface area contributed by atoms with Gasteiger partial charge in [-0.3, -0.25) is 0 Å². The van der Waals surface area contributed by atoms with Crippen molar-refractivity contribution in [3.63, 3.8) is 0 Å². The molecule has 0 bridgehead atoms. The van der Waals surface area contributed by atoms with Gasteiger partial charge in [-0.25, -0.2) is 9.37 Å². The van der Waals surface area contributed by atoms with Gasteiger partial charge in [0.1, 0.15) is 0 Å². The third-order valence-corrected chi connectivity index (χ3v) is 3.05. The largest absolute Gasteiger partial charge is 0.472 e. The Morgan fingerprint density at radius 3 is 2.95 bits per heavy atom. The Balaban J connectivity index is 2.08. The fraction of sp³-hybridized carbons (Fsp3) is 0.400. The third-order valence-electron chi connectivity index (χ3n) is 3.05. The van der Waals surface area contributed by atoms with Gasteiger partial charge in [-0.2, -0.15) is 0 Å². The van der Waals surface area contributed by atoms with E-state index in [4.69, 9.17) is 4.42 Å². The van der Waals surface area contributed by atoms with Gasteiger partial charge in [0, 0.05) is 37.5 Å². The predicted molar refractivity (Wildman–Crippen MR) is 77.0 cm³/mol. The van der Waals surface area contributed by atoms with E-state index in [2.05, 4.69) is 17.2 Å². The number of hydrogen-bond acceptors (Lipinski definition) is 4. The summed E-state index contributed by atoms with van der Waals surface area (Å²) in [6.07, 6.45) is 5.94. The summed E-state index contributed by atoms with van der Waals surface area (Å²) < 4.78 is 19.4. The van der Waals surface area contributed by atoms with Gasteiger partial charge in [0.15, 0.2) is 11.6 Å². The van der Waals surface area contributed by atoms with E-state index in [0.29, 0.717) is 24.5 Å². The number of hydrogen-bond donors (Lipinski definition) is 1. The number of nitrogens with zero attached hydrogens (tertiary/aromatic N) is 2. The van der Waals surface area contributed by atoms with E-state index >= 15 is 0 Å². The minimum Gasteiger partial charge on any atom is -0.472 e. The first-order chi connectivity index (χ1) is 9.72. The minimum absolute atomic E-state index is 0.262. The topological polar surface area (TPSA) is 41.3 Å². The molecule has 20 heavy (non-hydrogen) atoms. The molecule has 0 spiro atoms. The molecule has 0 unspecified atom stereocenters. The fourth-order valence-corrected chi connectivity index (χ4v) is 2.01. The highest BCUT2D eigenvalue weighted by molar-refractivity contribution is 5.42. The molecule has 2 heterocycles. The highest BCUT2D eigenvalue weighted by Gasteiger charge is 2.13. The molecule has 0 fully saturated rings. The summed E-state index contributed by atoms with van der Waals surface area (Å²) in [4.78, 5) is 5.92. The Hall–Kier alpha value is -1.88. The second kappa shape index (κ2) is 7.05. The van der Waals surface area contributed by atoms with Crippen LogP contribution in [0.4, 0.5) is 10.2 Å². The normalized spacial score (nSPS) is 10.8. The summed E-state index contributed by atoms with van der Waals surface area (Å²) >= 11 is 0. The van der Waals surface area contributed by atoms with Crippen LogP contribution >= 0.6 is 0 Å². The maximum atomic E-state index is 14.4. The Morgan fingerprint density at radius 2 is 2.25 bits per heavy atom. The molecule has 1 N–H and O–H groups in total. The van der Waals surface area contributed by atoms with Crippen molar-refractivity contribution in [2.75, 3.05) is 18.5 Å². The second-order valence-corrected chi connectivity index (χ2v) is 4.77. The van der Waals surface area contributed by atoms with Gasteiger partial charge in [0.25, 0.3) is 0 Å². The Bertz CT molecular complexity index is 528. The molecule has 0 aromatic carbocycles. The summed E-state index contributed by atoms with van der Waals surface area (Å²) in [5.74, 6) is 0.101. The van der Waals surface area contributed by atoms with Crippen LogP contribution in [0.15, 0.2) is 35.3 Å². The summed E-state index contributed by atoms with van der Waals surface area (Å²) in [5, 5.41) is 3.20. The quantitative estimate of drug-likeness (QED) is 0.790. The van der Waals surface area contributed by atoms with E-state index in [1.54, 1.807) is 29.7 Å². The molecule has 0 atom stereocenters. The van der Waals surface area contributed by atoms with Crippen LogP contribution in [-0.4, -0.2) is 18.6 Å². The summed E-state index contributed by atoms with van der Waals surface area (Å²) in [6.45, 7) is 4.04. The van der Waals surface area contributed by atoms with Crippen LogP contribution in [0.2, 0.25) is 0 Å². The number of aromatic nitrogens is 1. The zero-order valence-electron chi connectivity index (χ0n) is 11.9. The SMILES string of the molecule is CCCNCc1ccnc(N(C)Cc2ccoc2)c1F. The van der Waals surface area contributed by atoms with Crippen molar-refractivity contribution in [1.29, 1.82) is 0 Å². The minimum atomic E-state index is -0.262. The standard InChI is InChI=1S/C15H20FN3O/c1-3-6-17-9-13-4-7-18-15(14(13)16)19(2)10-12-5-8-20-11-12/h4-5,7-8,11,17H,3,6,9-10H2,1-2H3. The maximum absolute atomic E-state index is 14.4. The van der Waals surface area contributed by atoms with Gasteiger partial charge in [0.05, 0.1) is 12.5 Å². The van der Waals surface area contributed by atoms with Crippen molar-refractivity contribution in [3.8, 4) is 0 Å². The summed E-state index contributed by atoms with van der Waals surface area (Å²) in [5.41, 5.74) is 1.63. The van der Waals surface area contributed by atoms with Crippen LogP contribution in [0.3, 0.4) is 0 Å². The van der Waals surface area contributed by atoms with Crippen LogP contribution in [0.1, 0.15) is 24.5 Å². The number of anilines is 1. The van der Waals surface area contributed by atoms with Crippen molar-refractivity contribution in [1.82, 2.24) is 10.3 Å². The predicted octanol–water partition coefficient (Wildman–Crippen LogP) is 2.95. The summed E-state index contributed by atoms with van der Waals surface area (Å²) in [6, 6.07) is 3.58. The average Bonchev–Trinajstić information content (AvgIpc) is 2.93. The molecule has 5 heteroatoms. The van der Waals surface area contributed by atoms with Gasteiger partial charge in [-0.1, -0.05) is 6.92 Å². The van der Waals surface area contributed by atoms with Crippen molar-refractivity contribution in [3.05, 3.63) is 47.8 Å². The average molecular weight is 277 g/mol. The molecule has 0 saturated carbocycles. The zero-order valence-corrected chi connectivity index (χ0v) is 11.9. The first kappa shape index (κ1) is 14.5. The lowest BCUT2D eigenvalue weighted by molar-refractivity contribution is 0.561. The molecular weight excluding hydrogens is 257 g/mol. The number of nitrogens with one attached hydrogen (secondary N) is 1. The first-order valence-electron chi connectivity index (χ1n) is 6.78. The van der Waals surface area contributed by atoms with Gasteiger partial charge in [0.2, 0.25) is 0 Å². The molecule has 0 saturated heterocycles. The van der Waals surface area contributed by atoms with Gasteiger partial charge in [-0.15, -0.1) is 0 Å². The molecule has 0 amide bonds. The molecule has 108 valence electrons. The Morgan fingerprint density at radius 1 is 1.40 bits per heavy atom. The van der Waals surface area contributed by atoms with E-state index in [1.165, 1.54) is 0 Å². The fourth-order valence-electron chi connectivity index (χ4n) is 2.01. The van der Waals surface area contributed by atoms with E-state index in [-0.39, 0.29) is 5.82 Å². The number of pyridine rings is 1. The highest BCUT2D eigenvalue weighted by Crippen LogP contribution is 2.20. The maximum Gasteiger partial charge on any atom is 0.170 e. The first-order valence-corrected chi connectivity index (χ1v) is 6.78. The lowest BCUT2D eigenvalue weighted by Crippen LogP contribution is -2.21. The molecule has 0 aliphatic rings. The number of halogens is 1. The van der Waals surface area contributed by atoms with Crippen molar-refractivity contribution >= 4 is 5.82 Å². The lowest BCUT2D eigenvalue weighted by Gasteiger charge is -2.19. The Kier molecular flexibility index (Phi) is 5.12. The van der Waals surface area contributed by atoms with Gasteiger partial charge < -0.3 is 14.6 Å². The van der Waals surface area contributed by atoms with Crippen molar-refractivity contribution in [2.45, 2.75) is 26.4 Å². The van der Waals surface area contributed by atoms with Crippen LogP contribution in [-0.2, 0) is 13.1 Å². The Labute approximate surface area is 118 Å². The number of furan rings is 1. The van der Waals surface area contributed by atoms with E-state index in [1.807, 2.05) is 13.1 Å². The molecule has 2 rings (SSSR count). The van der Waals surface area contributed by atoms with Crippen molar-refractivity contribution < 1.29 is 8.81 Å². The van der Waals surface area contributed by atoms with Crippen LogP contribution < -0.4 is 10.2 Å². The smallest absolute Gasteiger partial charge is 0.170 e. The van der Waals surface area contributed by atoms with Gasteiger partial charge >= 0.3 is 0 Å². The van der Waals surface area contributed by atoms with Crippen LogP contribution in [0.25, 0.3) is 0 Å². The molecule has 0 aliphatic heterocycles. The number of rotatable bonds is 7. The van der Waals surface area contributed by atoms with E-state index in [9.17, 15) is 4.39 Å². The molecule has 0 aliphatic carbocycles. The molecular formula is C15H20FN3O. The van der Waals surface area contributed by atoms with Crippen LogP contribution in [0, 0.1) is 5.82 Å². The van der Waals surface area contributed by atoms with E-state index in [0.717, 1.165) is 18.5 Å². The lowest BCUT2D eigenvalue weighted by atomic mass is 10.2. The third kappa shape index (κ3) is 3.57. The molecule has 4 nitrogen and oxygen atoms in total. The molecule has 0 radical (unpaired) electrons. The van der Waals surface area contributed by atoms with Gasteiger partial charge in [-0.05, 0) is 25.1 Å². The highest BCUT2D eigenvalue weighted by atomic mass is 19.1. The zero-order chi connectivity index (χ0) is 14.4. The van der Waals surface area contributed by atoms with Crippen molar-refractivity contribution in [2.24, 2.45) is 0 Å². The summed E-state index contributed by atoms with van der Waals surface area (Å²) in [7, 11) is 1.82. The second-order valence-electron chi connectivity index (χ2n) is 4.77. The van der Waals surface area contributed by atoms with E-state index < -0.39 is 0 Å².